The summed E-state index contributed by atoms with van der Waals surface area (Å²) < 4.78 is 0. The minimum atomic E-state index is -0.170. The average Bonchev–Trinajstić information content (AvgIpc) is 2.15. The first-order valence-corrected chi connectivity index (χ1v) is 5.70. The molecule has 0 saturated heterocycles. The lowest BCUT2D eigenvalue weighted by atomic mass is 10.1. The molecule has 0 aromatic heterocycles. The van der Waals surface area contributed by atoms with Crippen molar-refractivity contribution in [3.63, 3.8) is 0 Å². The van der Waals surface area contributed by atoms with Crippen molar-refractivity contribution in [1.29, 1.82) is 0 Å². The van der Waals surface area contributed by atoms with Gasteiger partial charge in [-0.05, 0) is 25.7 Å². The normalized spacial score (nSPS) is 10.9. The number of carbonyl (C=O) groups excluding carboxylic acids is 1. The highest BCUT2D eigenvalue weighted by Gasteiger charge is 1.93. The number of carbonyl (C=O) groups is 1. The molecule has 2 N–H and O–H groups in total. The Kier molecular flexibility index (Phi) is 9.71. The second-order valence-electron chi connectivity index (χ2n) is 3.65. The zero-order valence-electron chi connectivity index (χ0n) is 9.30. The van der Waals surface area contributed by atoms with E-state index in [1.165, 1.54) is 25.7 Å². The Morgan fingerprint density at radius 1 is 1.07 bits per heavy atom. The highest BCUT2D eigenvalue weighted by molar-refractivity contribution is 5.73. The molecule has 0 aliphatic rings. The monoisotopic (exact) mass is 197 g/mol. The van der Waals surface area contributed by atoms with Gasteiger partial charge < -0.3 is 5.73 Å². The van der Waals surface area contributed by atoms with Crippen LogP contribution in [-0.2, 0) is 4.79 Å². The molecule has 2 heteroatoms. The number of amides is 1. The Bertz CT molecular complexity index is 164. The van der Waals surface area contributed by atoms with Crippen LogP contribution in [0.5, 0.6) is 0 Å². The summed E-state index contributed by atoms with van der Waals surface area (Å²) in [5, 5.41) is 0. The van der Waals surface area contributed by atoms with Crippen molar-refractivity contribution in [2.45, 2.75) is 58.3 Å². The molecular weight excluding hydrogens is 174 g/mol. The molecule has 0 radical (unpaired) electrons. The number of primary amides is 1. The molecule has 2 nitrogen and oxygen atoms in total. The molecule has 0 atom stereocenters. The van der Waals surface area contributed by atoms with E-state index >= 15 is 0 Å². The molecule has 0 aromatic rings. The molecule has 0 aliphatic heterocycles. The van der Waals surface area contributed by atoms with E-state index in [-0.39, 0.29) is 5.91 Å². The van der Waals surface area contributed by atoms with Crippen molar-refractivity contribution >= 4 is 5.91 Å². The van der Waals surface area contributed by atoms with E-state index in [4.69, 9.17) is 5.73 Å². The van der Waals surface area contributed by atoms with E-state index in [1.807, 2.05) is 0 Å². The van der Waals surface area contributed by atoms with E-state index in [0.29, 0.717) is 6.42 Å². The second kappa shape index (κ2) is 10.3. The van der Waals surface area contributed by atoms with Gasteiger partial charge in [0, 0.05) is 6.42 Å². The van der Waals surface area contributed by atoms with Gasteiger partial charge in [-0.25, -0.2) is 0 Å². The van der Waals surface area contributed by atoms with Crippen LogP contribution < -0.4 is 5.73 Å². The molecule has 0 fully saturated rings. The Morgan fingerprint density at radius 2 is 1.71 bits per heavy atom. The van der Waals surface area contributed by atoms with Gasteiger partial charge in [-0.2, -0.15) is 0 Å². The van der Waals surface area contributed by atoms with Crippen LogP contribution in [0.4, 0.5) is 0 Å². The minimum absolute atomic E-state index is 0.170. The second-order valence-corrected chi connectivity index (χ2v) is 3.65. The van der Waals surface area contributed by atoms with E-state index in [1.54, 1.807) is 0 Å². The van der Waals surface area contributed by atoms with Gasteiger partial charge in [0.25, 0.3) is 0 Å². The number of hydrogen-bond donors (Lipinski definition) is 1. The van der Waals surface area contributed by atoms with Gasteiger partial charge in [-0.3, -0.25) is 4.79 Å². The maximum absolute atomic E-state index is 10.4. The first kappa shape index (κ1) is 13.2. The van der Waals surface area contributed by atoms with Crippen LogP contribution in [0.1, 0.15) is 58.3 Å². The summed E-state index contributed by atoms with van der Waals surface area (Å²) in [7, 11) is 0. The van der Waals surface area contributed by atoms with Crippen molar-refractivity contribution in [2.75, 3.05) is 0 Å². The smallest absolute Gasteiger partial charge is 0.217 e. The number of nitrogens with two attached hydrogens (primary N) is 1. The summed E-state index contributed by atoms with van der Waals surface area (Å²) in [4.78, 5) is 10.4. The van der Waals surface area contributed by atoms with E-state index in [2.05, 4.69) is 19.1 Å². The number of rotatable bonds is 9. The molecule has 82 valence electrons. The van der Waals surface area contributed by atoms with Crippen LogP contribution in [0.15, 0.2) is 12.2 Å². The quantitative estimate of drug-likeness (QED) is 0.448. The molecule has 0 bridgehead atoms. The van der Waals surface area contributed by atoms with Gasteiger partial charge in [0.2, 0.25) is 5.91 Å². The van der Waals surface area contributed by atoms with Crippen molar-refractivity contribution < 1.29 is 4.79 Å². The summed E-state index contributed by atoms with van der Waals surface area (Å²) in [5.41, 5.74) is 5.04. The molecule has 0 aliphatic carbocycles. The fourth-order valence-electron chi connectivity index (χ4n) is 1.38. The summed E-state index contributed by atoms with van der Waals surface area (Å²) in [5.74, 6) is -0.170. The molecule has 0 unspecified atom stereocenters. The maximum atomic E-state index is 10.4. The Morgan fingerprint density at radius 3 is 2.36 bits per heavy atom. The first-order chi connectivity index (χ1) is 6.77. The third-order valence-corrected chi connectivity index (χ3v) is 2.20. The Hall–Kier alpha value is -0.790. The van der Waals surface area contributed by atoms with E-state index < -0.39 is 0 Å². The average molecular weight is 197 g/mol. The molecule has 0 saturated carbocycles. The molecule has 0 aromatic carbocycles. The number of hydrogen-bond acceptors (Lipinski definition) is 1. The van der Waals surface area contributed by atoms with Gasteiger partial charge in [0.1, 0.15) is 0 Å². The zero-order chi connectivity index (χ0) is 10.6. The lowest BCUT2D eigenvalue weighted by Gasteiger charge is -1.98. The van der Waals surface area contributed by atoms with Crippen LogP contribution in [-0.4, -0.2) is 5.91 Å². The molecule has 1 amide bonds. The van der Waals surface area contributed by atoms with E-state index in [9.17, 15) is 4.79 Å². The third kappa shape index (κ3) is 11.2. The molecule has 14 heavy (non-hydrogen) atoms. The van der Waals surface area contributed by atoms with Crippen molar-refractivity contribution in [3.05, 3.63) is 12.2 Å². The molecule has 0 heterocycles. The van der Waals surface area contributed by atoms with Crippen molar-refractivity contribution in [2.24, 2.45) is 5.73 Å². The van der Waals surface area contributed by atoms with Crippen LogP contribution in [0.25, 0.3) is 0 Å². The van der Waals surface area contributed by atoms with Gasteiger partial charge in [0.05, 0.1) is 0 Å². The highest BCUT2D eigenvalue weighted by atomic mass is 16.1. The largest absolute Gasteiger partial charge is 0.370 e. The molecule has 0 rings (SSSR count). The van der Waals surface area contributed by atoms with Crippen molar-refractivity contribution in [3.8, 4) is 0 Å². The molecule has 0 spiro atoms. The number of allylic oxidation sites excluding steroid dienone is 2. The third-order valence-electron chi connectivity index (χ3n) is 2.20. The Labute approximate surface area is 87.6 Å². The van der Waals surface area contributed by atoms with Crippen LogP contribution in [0.3, 0.4) is 0 Å². The number of unbranched alkanes of at least 4 members (excludes halogenated alkanes) is 5. The van der Waals surface area contributed by atoms with Gasteiger partial charge in [-0.1, -0.05) is 38.3 Å². The highest BCUT2D eigenvalue weighted by Crippen LogP contribution is 2.07. The fourth-order valence-corrected chi connectivity index (χ4v) is 1.38. The standard InChI is InChI=1S/C12H23NO/c1-2-3-4-5-6-7-8-9-10-11-12(13)14/h3-4H,2,5-11H2,1H3,(H2,13,14). The topological polar surface area (TPSA) is 43.1 Å². The summed E-state index contributed by atoms with van der Waals surface area (Å²) >= 11 is 0. The zero-order valence-corrected chi connectivity index (χ0v) is 9.30. The van der Waals surface area contributed by atoms with E-state index in [0.717, 1.165) is 19.3 Å². The summed E-state index contributed by atoms with van der Waals surface area (Å²) in [6.07, 6.45) is 13.2. The fraction of sp³-hybridized carbons (Fsp3) is 0.750. The van der Waals surface area contributed by atoms with Crippen LogP contribution in [0, 0.1) is 0 Å². The lowest BCUT2D eigenvalue weighted by Crippen LogP contribution is -2.09. The van der Waals surface area contributed by atoms with Gasteiger partial charge >= 0.3 is 0 Å². The van der Waals surface area contributed by atoms with Crippen LogP contribution >= 0.6 is 0 Å². The lowest BCUT2D eigenvalue weighted by molar-refractivity contribution is -0.118. The Balaban J connectivity index is 2.99. The van der Waals surface area contributed by atoms with Crippen LogP contribution in [0.2, 0.25) is 0 Å². The summed E-state index contributed by atoms with van der Waals surface area (Å²) in [6, 6.07) is 0. The van der Waals surface area contributed by atoms with Crippen molar-refractivity contribution in [1.82, 2.24) is 0 Å². The first-order valence-electron chi connectivity index (χ1n) is 5.70. The predicted molar refractivity (Wildman–Crippen MR) is 60.9 cm³/mol. The maximum Gasteiger partial charge on any atom is 0.217 e. The van der Waals surface area contributed by atoms with Gasteiger partial charge in [-0.15, -0.1) is 0 Å². The minimum Gasteiger partial charge on any atom is -0.370 e. The SMILES string of the molecule is CCC=CCCCCCCCC(N)=O. The van der Waals surface area contributed by atoms with Gasteiger partial charge in [0.15, 0.2) is 0 Å². The molecular formula is C12H23NO. The summed E-state index contributed by atoms with van der Waals surface area (Å²) in [6.45, 7) is 2.15. The predicted octanol–water partition coefficient (Wildman–Crippen LogP) is 3.17.